The topological polar surface area (TPSA) is 80.6 Å². The van der Waals surface area contributed by atoms with Crippen LogP contribution in [0.25, 0.3) is 33.5 Å². The second-order valence-electron chi connectivity index (χ2n) is 8.61. The number of aromatic amines is 1. The van der Waals surface area contributed by atoms with Gasteiger partial charge in [-0.1, -0.05) is 12.1 Å². The molecule has 170 valence electrons. The molecule has 1 aliphatic rings. The zero-order chi connectivity index (χ0) is 22.9. The molecule has 0 bridgehead atoms. The molecule has 0 amide bonds. The number of piperidine rings is 1. The van der Waals surface area contributed by atoms with E-state index in [2.05, 4.69) is 21.9 Å². The first kappa shape index (κ1) is 21.3. The fourth-order valence-electron chi connectivity index (χ4n) is 4.32. The number of benzene rings is 2. The highest BCUT2D eigenvalue weighted by atomic mass is 16.5. The number of rotatable bonds is 5. The minimum absolute atomic E-state index is 0.0828. The van der Waals surface area contributed by atoms with E-state index in [-0.39, 0.29) is 11.5 Å². The summed E-state index contributed by atoms with van der Waals surface area (Å²) in [6.45, 7) is 4.13. The SMILES string of the molecule is COc1cc2[nH]c(-c3ccc(C)c(OC4CCN(C)CC4)c3)cc(=O)c2cc1-c1cnco1. The van der Waals surface area contributed by atoms with Crippen molar-refractivity contribution in [2.75, 3.05) is 27.2 Å². The lowest BCUT2D eigenvalue weighted by atomic mass is 10.0. The monoisotopic (exact) mass is 445 g/mol. The third kappa shape index (κ3) is 4.24. The van der Waals surface area contributed by atoms with Crippen LogP contribution in [0.15, 0.2) is 58.2 Å². The molecule has 1 aliphatic heterocycles. The van der Waals surface area contributed by atoms with E-state index >= 15 is 0 Å². The number of aromatic nitrogens is 2. The van der Waals surface area contributed by atoms with Crippen LogP contribution in [0.3, 0.4) is 0 Å². The molecule has 1 saturated heterocycles. The van der Waals surface area contributed by atoms with Crippen LogP contribution in [-0.2, 0) is 0 Å². The highest BCUT2D eigenvalue weighted by Crippen LogP contribution is 2.34. The van der Waals surface area contributed by atoms with Crippen LogP contribution < -0.4 is 14.9 Å². The van der Waals surface area contributed by atoms with Gasteiger partial charge in [-0.3, -0.25) is 4.79 Å². The number of nitrogens with zero attached hydrogens (tertiary/aromatic N) is 2. The predicted molar refractivity (Wildman–Crippen MR) is 128 cm³/mol. The maximum atomic E-state index is 13.1. The highest BCUT2D eigenvalue weighted by Gasteiger charge is 2.19. The van der Waals surface area contributed by atoms with Gasteiger partial charge in [0.1, 0.15) is 17.6 Å². The quantitative estimate of drug-likeness (QED) is 0.482. The molecule has 1 N–H and O–H groups in total. The van der Waals surface area contributed by atoms with Gasteiger partial charge in [-0.05, 0) is 44.5 Å². The smallest absolute Gasteiger partial charge is 0.190 e. The van der Waals surface area contributed by atoms with Gasteiger partial charge in [0.2, 0.25) is 0 Å². The molecule has 4 aromatic rings. The molecule has 3 heterocycles. The molecule has 7 nitrogen and oxygen atoms in total. The van der Waals surface area contributed by atoms with Crippen molar-refractivity contribution in [1.29, 1.82) is 0 Å². The molecular weight excluding hydrogens is 418 g/mol. The first-order valence-electron chi connectivity index (χ1n) is 11.1. The Kier molecular flexibility index (Phi) is 5.64. The Labute approximate surface area is 192 Å². The molecule has 0 atom stereocenters. The molecule has 2 aromatic heterocycles. The molecule has 0 radical (unpaired) electrons. The summed E-state index contributed by atoms with van der Waals surface area (Å²) >= 11 is 0. The van der Waals surface area contributed by atoms with Gasteiger partial charge in [0.15, 0.2) is 17.6 Å². The molecule has 0 aliphatic carbocycles. The van der Waals surface area contributed by atoms with Gasteiger partial charge in [0.05, 0.1) is 24.4 Å². The average molecular weight is 446 g/mol. The number of oxazole rings is 1. The van der Waals surface area contributed by atoms with Gasteiger partial charge >= 0.3 is 0 Å². The molecule has 0 saturated carbocycles. The number of aryl methyl sites for hydroxylation is 1. The Morgan fingerprint density at radius 1 is 1.12 bits per heavy atom. The van der Waals surface area contributed by atoms with Gasteiger partial charge in [0, 0.05) is 41.9 Å². The zero-order valence-corrected chi connectivity index (χ0v) is 19.1. The van der Waals surface area contributed by atoms with E-state index in [1.165, 1.54) is 6.39 Å². The normalized spacial score (nSPS) is 15.1. The van der Waals surface area contributed by atoms with Gasteiger partial charge in [0.25, 0.3) is 0 Å². The fraction of sp³-hybridized carbons (Fsp3) is 0.308. The minimum Gasteiger partial charge on any atom is -0.496 e. The van der Waals surface area contributed by atoms with E-state index in [4.69, 9.17) is 13.9 Å². The first-order chi connectivity index (χ1) is 16.0. The number of likely N-dealkylation sites (tertiary alicyclic amines) is 1. The standard InChI is InChI=1S/C26H27N3O4/c1-16-4-5-17(10-24(16)33-18-6-8-29(2)9-7-18)21-12-23(30)19-11-20(26-14-27-15-32-26)25(31-3)13-22(19)28-21/h4-5,10-15,18H,6-9H2,1-3H3,(H,28,30). The number of nitrogens with one attached hydrogen (secondary N) is 1. The third-order valence-corrected chi connectivity index (χ3v) is 6.31. The van der Waals surface area contributed by atoms with Crippen molar-refractivity contribution >= 4 is 10.9 Å². The second-order valence-corrected chi connectivity index (χ2v) is 8.61. The van der Waals surface area contributed by atoms with Crippen molar-refractivity contribution in [2.24, 2.45) is 0 Å². The molecule has 1 fully saturated rings. The number of fused-ring (bicyclic) bond motifs is 1. The zero-order valence-electron chi connectivity index (χ0n) is 19.1. The van der Waals surface area contributed by atoms with Crippen molar-refractivity contribution < 1.29 is 13.9 Å². The van der Waals surface area contributed by atoms with Crippen LogP contribution in [0, 0.1) is 6.92 Å². The highest BCUT2D eigenvalue weighted by molar-refractivity contribution is 5.88. The largest absolute Gasteiger partial charge is 0.496 e. The van der Waals surface area contributed by atoms with Crippen molar-refractivity contribution in [2.45, 2.75) is 25.9 Å². The van der Waals surface area contributed by atoms with Crippen LogP contribution in [0.4, 0.5) is 0 Å². The van der Waals surface area contributed by atoms with Gasteiger partial charge < -0.3 is 23.8 Å². The minimum atomic E-state index is -0.0828. The number of hydrogen-bond acceptors (Lipinski definition) is 6. The summed E-state index contributed by atoms with van der Waals surface area (Å²) < 4.78 is 17.3. The Balaban J connectivity index is 1.52. The summed E-state index contributed by atoms with van der Waals surface area (Å²) in [4.78, 5) is 22.7. The van der Waals surface area contributed by atoms with E-state index in [0.717, 1.165) is 48.5 Å². The first-order valence-corrected chi connectivity index (χ1v) is 11.1. The predicted octanol–water partition coefficient (Wildman–Crippen LogP) is 4.64. The van der Waals surface area contributed by atoms with E-state index in [1.54, 1.807) is 25.4 Å². The van der Waals surface area contributed by atoms with E-state index in [1.807, 2.05) is 31.2 Å². The lowest BCUT2D eigenvalue weighted by molar-refractivity contribution is 0.113. The summed E-state index contributed by atoms with van der Waals surface area (Å²) in [6, 6.07) is 11.3. The van der Waals surface area contributed by atoms with Gasteiger partial charge in [-0.25, -0.2) is 4.98 Å². The number of methoxy groups -OCH3 is 1. The van der Waals surface area contributed by atoms with Crippen LogP contribution in [0.5, 0.6) is 11.5 Å². The van der Waals surface area contributed by atoms with Crippen LogP contribution >= 0.6 is 0 Å². The van der Waals surface area contributed by atoms with Crippen molar-refractivity contribution in [3.05, 3.63) is 64.8 Å². The summed E-state index contributed by atoms with van der Waals surface area (Å²) in [5.74, 6) is 2.01. The number of hydrogen-bond donors (Lipinski definition) is 1. The van der Waals surface area contributed by atoms with Crippen molar-refractivity contribution in [1.82, 2.24) is 14.9 Å². The van der Waals surface area contributed by atoms with Gasteiger partial charge in [-0.2, -0.15) is 0 Å². The fourth-order valence-corrected chi connectivity index (χ4v) is 4.32. The molecule has 5 rings (SSSR count). The van der Waals surface area contributed by atoms with Crippen LogP contribution in [0.1, 0.15) is 18.4 Å². The Hall–Kier alpha value is -3.58. The third-order valence-electron chi connectivity index (χ3n) is 6.31. The maximum absolute atomic E-state index is 13.1. The second kappa shape index (κ2) is 8.75. The molecule has 0 spiro atoms. The molecule has 33 heavy (non-hydrogen) atoms. The summed E-state index contributed by atoms with van der Waals surface area (Å²) in [6.07, 6.45) is 5.20. The summed E-state index contributed by atoms with van der Waals surface area (Å²) in [5, 5.41) is 0.556. The maximum Gasteiger partial charge on any atom is 0.190 e. The molecule has 2 aromatic carbocycles. The van der Waals surface area contributed by atoms with E-state index < -0.39 is 0 Å². The number of H-pyrrole nitrogens is 1. The molecular formula is C26H27N3O4. The Morgan fingerprint density at radius 2 is 1.94 bits per heavy atom. The Morgan fingerprint density at radius 3 is 2.67 bits per heavy atom. The van der Waals surface area contributed by atoms with Crippen LogP contribution in [-0.4, -0.2) is 48.2 Å². The number of pyridine rings is 1. The van der Waals surface area contributed by atoms with E-state index in [9.17, 15) is 4.79 Å². The van der Waals surface area contributed by atoms with Gasteiger partial charge in [-0.15, -0.1) is 0 Å². The van der Waals surface area contributed by atoms with E-state index in [0.29, 0.717) is 28.0 Å². The lowest BCUT2D eigenvalue weighted by Gasteiger charge is -2.29. The molecule has 7 heteroatoms. The Bertz CT molecular complexity index is 1340. The summed E-state index contributed by atoms with van der Waals surface area (Å²) in [7, 11) is 3.73. The summed E-state index contributed by atoms with van der Waals surface area (Å²) in [5.41, 5.74) is 4.01. The number of ether oxygens (including phenoxy) is 2. The van der Waals surface area contributed by atoms with Crippen LogP contribution in [0.2, 0.25) is 0 Å². The van der Waals surface area contributed by atoms with Crippen molar-refractivity contribution in [3.8, 4) is 34.1 Å². The van der Waals surface area contributed by atoms with Crippen molar-refractivity contribution in [3.63, 3.8) is 0 Å². The lowest BCUT2D eigenvalue weighted by Crippen LogP contribution is -2.35. The molecule has 0 unspecified atom stereocenters. The average Bonchev–Trinajstić information content (AvgIpc) is 3.36.